The first-order valence-electron chi connectivity index (χ1n) is 8.94. The molecule has 0 bridgehead atoms. The van der Waals surface area contributed by atoms with Crippen LogP contribution in [0.2, 0.25) is 5.02 Å². The van der Waals surface area contributed by atoms with Crippen molar-refractivity contribution in [1.82, 2.24) is 0 Å². The molecular weight excluding hydrogens is 392 g/mol. The molecule has 0 aromatic heterocycles. The van der Waals surface area contributed by atoms with E-state index in [0.717, 1.165) is 5.56 Å². The van der Waals surface area contributed by atoms with E-state index in [2.05, 4.69) is 0 Å². The van der Waals surface area contributed by atoms with Gasteiger partial charge in [-0.3, -0.25) is 4.79 Å². The van der Waals surface area contributed by atoms with Gasteiger partial charge >= 0.3 is 5.97 Å². The summed E-state index contributed by atoms with van der Waals surface area (Å²) in [6.07, 6.45) is 0. The van der Waals surface area contributed by atoms with Gasteiger partial charge in [0, 0.05) is 10.6 Å². The number of ether oxygens (including phenoxy) is 3. The van der Waals surface area contributed by atoms with Crippen molar-refractivity contribution in [2.75, 3.05) is 13.2 Å². The van der Waals surface area contributed by atoms with E-state index in [1.165, 1.54) is 0 Å². The first-order valence-corrected chi connectivity index (χ1v) is 9.32. The van der Waals surface area contributed by atoms with Gasteiger partial charge in [0.05, 0.1) is 0 Å². The lowest BCUT2D eigenvalue weighted by Crippen LogP contribution is -2.19. The summed E-state index contributed by atoms with van der Waals surface area (Å²) in [5, 5.41) is 0.531. The number of hydrogen-bond acceptors (Lipinski definition) is 5. The van der Waals surface area contributed by atoms with Gasteiger partial charge in [-0.05, 0) is 54.1 Å². The summed E-state index contributed by atoms with van der Waals surface area (Å²) >= 11 is 5.78. The fourth-order valence-electron chi connectivity index (χ4n) is 2.42. The fraction of sp³-hybridized carbons (Fsp3) is 0.130. The molecule has 0 heterocycles. The Kier molecular flexibility index (Phi) is 7.25. The molecule has 6 heteroatoms. The summed E-state index contributed by atoms with van der Waals surface area (Å²) in [6, 6.07) is 23.1. The largest absolute Gasteiger partial charge is 0.489 e. The maximum Gasteiger partial charge on any atom is 0.344 e. The molecular formula is C23H19ClO5. The predicted molar refractivity (Wildman–Crippen MR) is 109 cm³/mol. The Morgan fingerprint density at radius 3 is 2.00 bits per heavy atom. The van der Waals surface area contributed by atoms with Crippen LogP contribution in [0.1, 0.15) is 15.9 Å². The van der Waals surface area contributed by atoms with Crippen molar-refractivity contribution in [2.45, 2.75) is 6.61 Å². The van der Waals surface area contributed by atoms with Gasteiger partial charge in [0.1, 0.15) is 18.1 Å². The highest BCUT2D eigenvalue weighted by molar-refractivity contribution is 6.30. The van der Waals surface area contributed by atoms with Crippen molar-refractivity contribution in [1.29, 1.82) is 0 Å². The van der Waals surface area contributed by atoms with Crippen LogP contribution in [-0.2, 0) is 16.1 Å². The number of benzene rings is 3. The van der Waals surface area contributed by atoms with Crippen molar-refractivity contribution in [2.24, 2.45) is 0 Å². The SMILES string of the molecule is O=C(COc1ccc(OCc2ccccc2)cc1)OCC(=O)c1ccc(Cl)cc1. The van der Waals surface area contributed by atoms with Crippen molar-refractivity contribution < 1.29 is 23.8 Å². The highest BCUT2D eigenvalue weighted by Crippen LogP contribution is 2.18. The van der Waals surface area contributed by atoms with Gasteiger partial charge < -0.3 is 14.2 Å². The van der Waals surface area contributed by atoms with Gasteiger partial charge in [0.15, 0.2) is 19.0 Å². The Morgan fingerprint density at radius 1 is 0.724 bits per heavy atom. The molecule has 5 nitrogen and oxygen atoms in total. The molecule has 148 valence electrons. The number of esters is 1. The van der Waals surface area contributed by atoms with Crippen molar-refractivity contribution in [3.05, 3.63) is 95.0 Å². The second-order valence-electron chi connectivity index (χ2n) is 6.13. The Morgan fingerprint density at radius 2 is 1.34 bits per heavy atom. The van der Waals surface area contributed by atoms with Crippen molar-refractivity contribution >= 4 is 23.4 Å². The first kappa shape index (κ1) is 20.4. The molecule has 29 heavy (non-hydrogen) atoms. The zero-order valence-electron chi connectivity index (χ0n) is 15.5. The number of hydrogen-bond donors (Lipinski definition) is 0. The van der Waals surface area contributed by atoms with Crippen LogP contribution in [0, 0.1) is 0 Å². The average Bonchev–Trinajstić information content (AvgIpc) is 2.76. The molecule has 0 N–H and O–H groups in total. The van der Waals surface area contributed by atoms with Crippen LogP contribution >= 0.6 is 11.6 Å². The van der Waals surface area contributed by atoms with Crippen LogP contribution in [0.15, 0.2) is 78.9 Å². The Labute approximate surface area is 173 Å². The van der Waals surface area contributed by atoms with Gasteiger partial charge in [0.25, 0.3) is 0 Å². The number of carbonyl (C=O) groups is 2. The molecule has 3 rings (SSSR count). The molecule has 0 unspecified atom stereocenters. The minimum atomic E-state index is -0.628. The second-order valence-corrected chi connectivity index (χ2v) is 6.56. The highest BCUT2D eigenvalue weighted by atomic mass is 35.5. The molecule has 0 spiro atoms. The minimum Gasteiger partial charge on any atom is -0.489 e. The van der Waals surface area contributed by atoms with E-state index in [1.54, 1.807) is 48.5 Å². The molecule has 0 amide bonds. The Balaban J connectivity index is 1.39. The van der Waals surface area contributed by atoms with Gasteiger partial charge in [-0.15, -0.1) is 0 Å². The van der Waals surface area contributed by atoms with Crippen molar-refractivity contribution in [3.8, 4) is 11.5 Å². The van der Waals surface area contributed by atoms with Crippen LogP contribution < -0.4 is 9.47 Å². The monoisotopic (exact) mass is 410 g/mol. The molecule has 0 aliphatic carbocycles. The molecule has 0 saturated heterocycles. The summed E-state index contributed by atoms with van der Waals surface area (Å²) in [7, 11) is 0. The molecule has 0 aliphatic heterocycles. The highest BCUT2D eigenvalue weighted by Gasteiger charge is 2.11. The number of halogens is 1. The molecule has 0 radical (unpaired) electrons. The number of carbonyl (C=O) groups excluding carboxylic acids is 2. The van der Waals surface area contributed by atoms with Gasteiger partial charge in [-0.2, -0.15) is 0 Å². The van der Waals surface area contributed by atoms with Crippen LogP contribution in [-0.4, -0.2) is 25.0 Å². The molecule has 0 saturated carbocycles. The summed E-state index contributed by atoms with van der Waals surface area (Å²) in [5.74, 6) is 0.252. The third-order valence-corrected chi connectivity index (χ3v) is 4.21. The Bertz CT molecular complexity index is 937. The van der Waals surface area contributed by atoms with E-state index >= 15 is 0 Å². The lowest BCUT2D eigenvalue weighted by atomic mass is 10.1. The van der Waals surface area contributed by atoms with Gasteiger partial charge in [0.2, 0.25) is 0 Å². The predicted octanol–water partition coefficient (Wildman–Crippen LogP) is 4.72. The number of ketones is 1. The van der Waals surface area contributed by atoms with Crippen LogP contribution in [0.3, 0.4) is 0 Å². The van der Waals surface area contributed by atoms with E-state index in [-0.39, 0.29) is 19.0 Å². The maximum absolute atomic E-state index is 12.0. The van der Waals surface area contributed by atoms with Crippen LogP contribution in [0.25, 0.3) is 0 Å². The lowest BCUT2D eigenvalue weighted by molar-refractivity contribution is -0.144. The molecule has 3 aromatic carbocycles. The fourth-order valence-corrected chi connectivity index (χ4v) is 2.55. The second kappa shape index (κ2) is 10.3. The topological polar surface area (TPSA) is 61.8 Å². The standard InChI is InChI=1S/C23H19ClO5/c24-19-8-6-18(7-9-19)22(25)15-29-23(26)16-28-21-12-10-20(11-13-21)27-14-17-4-2-1-3-5-17/h1-13H,14-16H2. The van der Waals surface area contributed by atoms with Gasteiger partial charge in [-0.1, -0.05) is 41.9 Å². The van der Waals surface area contributed by atoms with Crippen molar-refractivity contribution in [3.63, 3.8) is 0 Å². The average molecular weight is 411 g/mol. The van der Waals surface area contributed by atoms with Crippen LogP contribution in [0.4, 0.5) is 0 Å². The molecule has 0 atom stereocenters. The summed E-state index contributed by atoms with van der Waals surface area (Å²) in [4.78, 5) is 23.7. The maximum atomic E-state index is 12.0. The lowest BCUT2D eigenvalue weighted by Gasteiger charge is -2.09. The van der Waals surface area contributed by atoms with E-state index < -0.39 is 5.97 Å². The van der Waals surface area contributed by atoms with Gasteiger partial charge in [-0.25, -0.2) is 4.79 Å². The Hall–Kier alpha value is -3.31. The molecule has 3 aromatic rings. The number of rotatable bonds is 9. The summed E-state index contributed by atoms with van der Waals surface area (Å²) in [6.45, 7) is -0.177. The van der Waals surface area contributed by atoms with E-state index in [9.17, 15) is 9.59 Å². The zero-order valence-corrected chi connectivity index (χ0v) is 16.3. The van der Waals surface area contributed by atoms with Crippen LogP contribution in [0.5, 0.6) is 11.5 Å². The quantitative estimate of drug-likeness (QED) is 0.377. The zero-order chi connectivity index (χ0) is 20.5. The third-order valence-electron chi connectivity index (χ3n) is 3.96. The first-order chi connectivity index (χ1) is 14.1. The normalized spacial score (nSPS) is 10.2. The third kappa shape index (κ3) is 6.66. The minimum absolute atomic E-state index is 0.294. The smallest absolute Gasteiger partial charge is 0.344 e. The summed E-state index contributed by atoms with van der Waals surface area (Å²) < 4.78 is 16.0. The van der Waals surface area contributed by atoms with E-state index in [0.29, 0.717) is 28.7 Å². The number of Topliss-reactive ketones (excluding diaryl/α,β-unsaturated/α-hetero) is 1. The summed E-state index contributed by atoms with van der Waals surface area (Å²) in [5.41, 5.74) is 1.50. The van der Waals surface area contributed by atoms with E-state index in [1.807, 2.05) is 30.3 Å². The molecule has 0 aliphatic rings. The molecule has 0 fully saturated rings. The van der Waals surface area contributed by atoms with E-state index in [4.69, 9.17) is 25.8 Å².